The Bertz CT molecular complexity index is 1550. The number of ether oxygens (including phenoxy) is 1. The number of aliphatic carboxylic acids is 1. The van der Waals surface area contributed by atoms with Crippen LogP contribution in [0.5, 0.6) is 5.75 Å². The van der Waals surface area contributed by atoms with Crippen molar-refractivity contribution >= 4 is 23.8 Å². The maximum atomic E-state index is 13.6. The Morgan fingerprint density at radius 1 is 0.739 bits per heavy atom. The fourth-order valence-corrected chi connectivity index (χ4v) is 4.48. The van der Waals surface area contributed by atoms with Gasteiger partial charge in [-0.2, -0.15) is 0 Å². The molecule has 1 aromatic heterocycles. The second-order valence-corrected chi connectivity index (χ2v) is 10.5. The third-order valence-electron chi connectivity index (χ3n) is 6.92. The fraction of sp³-hybridized carbons (Fsp3) is 0.242. The van der Waals surface area contributed by atoms with Crippen molar-refractivity contribution in [2.75, 3.05) is 6.61 Å². The SMILES string of the molecule is O=C(NCc1ccccc1)N[C@@H](Cc1cnc[nH]1)C(=O)N[C@@H](Cc1ccc(O)cc1)C(=O)N[C@@H](COCc1ccccc1)C(=O)O. The van der Waals surface area contributed by atoms with Gasteiger partial charge in [-0.1, -0.05) is 72.8 Å². The highest BCUT2D eigenvalue weighted by molar-refractivity contribution is 5.93. The number of benzene rings is 3. The van der Waals surface area contributed by atoms with Gasteiger partial charge in [0, 0.05) is 31.3 Å². The first kappa shape index (κ1) is 33.2. The van der Waals surface area contributed by atoms with Gasteiger partial charge < -0.3 is 41.2 Å². The van der Waals surface area contributed by atoms with Crippen molar-refractivity contribution < 1.29 is 34.1 Å². The van der Waals surface area contributed by atoms with E-state index in [0.29, 0.717) is 11.3 Å². The van der Waals surface area contributed by atoms with Crippen LogP contribution in [0, 0.1) is 0 Å². The molecule has 0 aliphatic carbocycles. The van der Waals surface area contributed by atoms with E-state index in [0.717, 1.165) is 11.1 Å². The molecular formula is C33H36N6O7. The van der Waals surface area contributed by atoms with Gasteiger partial charge in [0.2, 0.25) is 11.8 Å². The molecule has 3 atom stereocenters. The summed E-state index contributed by atoms with van der Waals surface area (Å²) in [5, 5.41) is 30.0. The number of aromatic amines is 1. The number of hydrogen-bond donors (Lipinski definition) is 7. The Hall–Kier alpha value is -5.69. The molecule has 13 nitrogen and oxygen atoms in total. The van der Waals surface area contributed by atoms with Crippen LogP contribution in [0.1, 0.15) is 22.4 Å². The van der Waals surface area contributed by atoms with Gasteiger partial charge in [-0.15, -0.1) is 0 Å². The van der Waals surface area contributed by atoms with E-state index in [9.17, 15) is 29.4 Å². The highest BCUT2D eigenvalue weighted by Crippen LogP contribution is 2.12. The number of phenols is 1. The van der Waals surface area contributed by atoms with Crippen molar-refractivity contribution in [1.29, 1.82) is 0 Å². The van der Waals surface area contributed by atoms with E-state index in [1.54, 1.807) is 12.1 Å². The number of nitrogens with one attached hydrogen (secondary N) is 5. The number of nitrogens with zero attached hydrogens (tertiary/aromatic N) is 1. The lowest BCUT2D eigenvalue weighted by atomic mass is 10.0. The summed E-state index contributed by atoms with van der Waals surface area (Å²) in [6, 6.07) is 20.0. The highest BCUT2D eigenvalue weighted by atomic mass is 16.5. The summed E-state index contributed by atoms with van der Waals surface area (Å²) in [5.41, 5.74) is 2.84. The number of amides is 4. The number of aromatic nitrogens is 2. The van der Waals surface area contributed by atoms with Crippen molar-refractivity contribution in [2.24, 2.45) is 0 Å². The minimum absolute atomic E-state index is 0.0145. The van der Waals surface area contributed by atoms with Gasteiger partial charge in [-0.3, -0.25) is 9.59 Å². The molecule has 7 N–H and O–H groups in total. The number of aromatic hydroxyl groups is 1. The van der Waals surface area contributed by atoms with Gasteiger partial charge >= 0.3 is 12.0 Å². The van der Waals surface area contributed by atoms with Gasteiger partial charge in [0.25, 0.3) is 0 Å². The van der Waals surface area contributed by atoms with Crippen LogP contribution in [0.4, 0.5) is 4.79 Å². The Labute approximate surface area is 265 Å². The number of rotatable bonds is 16. The maximum Gasteiger partial charge on any atom is 0.328 e. The average molecular weight is 629 g/mol. The molecule has 0 spiro atoms. The number of hydrogen-bond acceptors (Lipinski definition) is 7. The molecule has 1 heterocycles. The molecule has 0 saturated heterocycles. The van der Waals surface area contributed by atoms with E-state index in [2.05, 4.69) is 31.2 Å². The minimum atomic E-state index is -1.40. The van der Waals surface area contributed by atoms with Crippen LogP contribution < -0.4 is 21.3 Å². The van der Waals surface area contributed by atoms with Crippen LogP contribution in [0.3, 0.4) is 0 Å². The van der Waals surface area contributed by atoms with Crippen LogP contribution in [-0.2, 0) is 45.1 Å². The molecule has 0 saturated carbocycles. The van der Waals surface area contributed by atoms with E-state index in [4.69, 9.17) is 4.74 Å². The summed E-state index contributed by atoms with van der Waals surface area (Å²) in [7, 11) is 0. The number of carbonyl (C=O) groups is 4. The van der Waals surface area contributed by atoms with Crippen molar-refractivity contribution in [3.8, 4) is 5.75 Å². The third kappa shape index (κ3) is 10.8. The fourth-order valence-electron chi connectivity index (χ4n) is 4.48. The molecule has 0 bridgehead atoms. The summed E-state index contributed by atoms with van der Waals surface area (Å²) < 4.78 is 5.56. The lowest BCUT2D eigenvalue weighted by Gasteiger charge is -2.25. The third-order valence-corrected chi connectivity index (χ3v) is 6.92. The number of carbonyl (C=O) groups excluding carboxylic acids is 3. The molecule has 0 aliphatic rings. The van der Waals surface area contributed by atoms with Gasteiger partial charge in [-0.25, -0.2) is 14.6 Å². The molecule has 0 unspecified atom stereocenters. The molecule has 4 aromatic rings. The summed E-state index contributed by atoms with van der Waals surface area (Å²) >= 11 is 0. The Kier molecular flexibility index (Phi) is 12.2. The molecule has 0 aliphatic heterocycles. The first-order valence-corrected chi connectivity index (χ1v) is 14.6. The van der Waals surface area contributed by atoms with Crippen LogP contribution >= 0.6 is 0 Å². The van der Waals surface area contributed by atoms with E-state index >= 15 is 0 Å². The Morgan fingerprint density at radius 3 is 1.96 bits per heavy atom. The number of phenolic OH excluding ortho intramolecular Hbond substituents is 1. The number of carboxylic acids is 1. The predicted octanol–water partition coefficient (Wildman–Crippen LogP) is 2.04. The predicted molar refractivity (Wildman–Crippen MR) is 167 cm³/mol. The van der Waals surface area contributed by atoms with E-state index < -0.39 is 41.9 Å². The highest BCUT2D eigenvalue weighted by Gasteiger charge is 2.30. The summed E-state index contributed by atoms with van der Waals surface area (Å²) in [5.74, 6) is -2.76. The number of imidazole rings is 1. The summed E-state index contributed by atoms with van der Waals surface area (Å²) in [6.07, 6.45) is 2.94. The zero-order chi connectivity index (χ0) is 32.7. The van der Waals surface area contributed by atoms with Crippen molar-refractivity contribution in [3.63, 3.8) is 0 Å². The first-order valence-electron chi connectivity index (χ1n) is 14.6. The maximum absolute atomic E-state index is 13.6. The Balaban J connectivity index is 1.46. The van der Waals surface area contributed by atoms with Gasteiger partial charge in [0.1, 0.15) is 17.8 Å². The topological polar surface area (TPSA) is 195 Å². The minimum Gasteiger partial charge on any atom is -0.508 e. The molecule has 4 amide bonds. The second kappa shape index (κ2) is 17.0. The molecule has 46 heavy (non-hydrogen) atoms. The van der Waals surface area contributed by atoms with Gasteiger partial charge in [-0.05, 0) is 28.8 Å². The van der Waals surface area contributed by atoms with Crippen LogP contribution in [0.25, 0.3) is 0 Å². The van der Waals surface area contributed by atoms with Crippen molar-refractivity contribution in [1.82, 2.24) is 31.2 Å². The molecule has 0 radical (unpaired) electrons. The van der Waals surface area contributed by atoms with Crippen LogP contribution in [0.15, 0.2) is 97.5 Å². The zero-order valence-corrected chi connectivity index (χ0v) is 24.9. The Morgan fingerprint density at radius 2 is 1.35 bits per heavy atom. The monoisotopic (exact) mass is 628 g/mol. The molecule has 13 heteroatoms. The first-order chi connectivity index (χ1) is 22.3. The molecule has 0 fully saturated rings. The van der Waals surface area contributed by atoms with E-state index in [1.165, 1.54) is 24.7 Å². The zero-order valence-electron chi connectivity index (χ0n) is 24.9. The second-order valence-electron chi connectivity index (χ2n) is 10.5. The van der Waals surface area contributed by atoms with Crippen molar-refractivity contribution in [2.45, 2.75) is 44.1 Å². The average Bonchev–Trinajstić information content (AvgIpc) is 3.58. The standard InChI is InChI=1S/C33H36N6O7/c40-26-13-11-22(12-14-26)15-27(30(41)38-29(32(43)44)20-46-19-24-9-5-2-6-10-24)37-31(42)28(16-25-18-34-21-36-25)39-33(45)35-17-23-7-3-1-4-8-23/h1-14,18,21,27-29,40H,15-17,19-20H2,(H,34,36)(H,37,42)(H,38,41)(H,43,44)(H2,35,39,45)/t27-,28-,29-/m0/s1. The van der Waals surface area contributed by atoms with E-state index in [-0.39, 0.29) is 38.3 Å². The lowest BCUT2D eigenvalue weighted by Crippen LogP contribution is -2.58. The number of urea groups is 1. The van der Waals surface area contributed by atoms with Crippen LogP contribution in [0.2, 0.25) is 0 Å². The summed E-state index contributed by atoms with van der Waals surface area (Å²) in [6.45, 7) is 0.0444. The number of carboxylic acid groups (broad SMARTS) is 1. The largest absolute Gasteiger partial charge is 0.508 e. The normalized spacial score (nSPS) is 12.7. The summed E-state index contributed by atoms with van der Waals surface area (Å²) in [4.78, 5) is 58.8. The molecule has 240 valence electrons. The van der Waals surface area contributed by atoms with Gasteiger partial charge in [0.15, 0.2) is 6.04 Å². The molecule has 3 aromatic carbocycles. The molecular weight excluding hydrogens is 592 g/mol. The lowest BCUT2D eigenvalue weighted by molar-refractivity contribution is -0.144. The number of H-pyrrole nitrogens is 1. The smallest absolute Gasteiger partial charge is 0.328 e. The van der Waals surface area contributed by atoms with Gasteiger partial charge in [0.05, 0.1) is 19.5 Å². The quantitative estimate of drug-likeness (QED) is 0.0979. The van der Waals surface area contributed by atoms with Crippen molar-refractivity contribution in [3.05, 3.63) is 120 Å². The van der Waals surface area contributed by atoms with E-state index in [1.807, 2.05) is 60.7 Å². The van der Waals surface area contributed by atoms with Crippen LogP contribution in [-0.4, -0.2) is 68.7 Å². The molecule has 4 rings (SSSR count).